The molecule has 4 N–H and O–H groups in total. The Bertz CT molecular complexity index is 901. The third kappa shape index (κ3) is 25.8. The number of halogens is 34. The Hall–Kier alpha value is 23.9. The SMILES string of the molecule is II(I)I(I)I(I)I(I)I(I)I(I)I(I)I(I)I(I)I(I)I(I)I(I)I(I)I(I)I(I)I(I)I.NC1(c2cn[nH]n2)CC(O)C1. The molecule has 45 heavy (non-hydrogen) atoms. The molecular formula is C6H10I34N4O. The molecule has 1 fully saturated rings. The van der Waals surface area contributed by atoms with Gasteiger partial charge in [0.2, 0.25) is 0 Å². The predicted molar refractivity (Wildman–Crippen MR) is 514 cm³/mol. The number of aliphatic hydroxyl groups excluding tert-OH is 1. The first-order valence-electron chi connectivity index (χ1n) is 8.25. The van der Waals surface area contributed by atoms with Crippen molar-refractivity contribution in [3.8, 4) is 0 Å². The first kappa shape index (κ1) is 66.9. The summed E-state index contributed by atoms with van der Waals surface area (Å²) in [5, 5.41) is 19.1. The van der Waals surface area contributed by atoms with Crippen molar-refractivity contribution in [2.45, 2.75) is 24.5 Å². The number of hydrogen-bond acceptors (Lipinski definition) is 4. The van der Waals surface area contributed by atoms with Gasteiger partial charge in [-0.3, -0.25) is 0 Å². The molecule has 1 aliphatic carbocycles. The van der Waals surface area contributed by atoms with Crippen LogP contribution in [0.4, 0.5) is 0 Å². The minimum atomic E-state index is -0.511. The second-order valence-electron chi connectivity index (χ2n) is 5.67. The summed E-state index contributed by atoms with van der Waals surface area (Å²) >= 11 is 57.2. The van der Waals surface area contributed by atoms with Gasteiger partial charge >= 0.3 is 461 Å². The van der Waals surface area contributed by atoms with Gasteiger partial charge in [-0.25, -0.2) is 0 Å². The van der Waals surface area contributed by atoms with Crippen LogP contribution in [0, 0.1) is 0 Å². The van der Waals surface area contributed by atoms with Crippen LogP contribution in [0.5, 0.6) is 0 Å². The number of rotatable bonds is 16. The maximum absolute atomic E-state index is 9.04. The summed E-state index contributed by atoms with van der Waals surface area (Å²) in [6.45, 7) is 0. The van der Waals surface area contributed by atoms with Gasteiger partial charge in [0, 0.05) is 0 Å². The maximum Gasteiger partial charge on any atom is 0.102 e. The van der Waals surface area contributed by atoms with E-state index in [4.69, 9.17) is 10.8 Å². The quantitative estimate of drug-likeness (QED) is 0.144. The van der Waals surface area contributed by atoms with Gasteiger partial charge in [-0.15, -0.1) is 0 Å². The van der Waals surface area contributed by atoms with E-state index in [-0.39, 0.29) is 6.10 Å². The number of aliphatic hydroxyl groups is 1. The molecule has 0 unspecified atom stereocenters. The number of nitrogens with zero attached hydrogens (tertiary/aromatic N) is 2. The Balaban J connectivity index is 0.000000754. The summed E-state index contributed by atoms with van der Waals surface area (Å²) in [6, 6.07) is 0. The number of hydrogen-bond donors (Lipinski definition) is 3. The molecular weight excluding hydrogens is 4460 g/mol. The third-order valence-corrected chi connectivity index (χ3v) is 2480. The van der Waals surface area contributed by atoms with E-state index in [0.717, 1.165) is 5.69 Å². The van der Waals surface area contributed by atoms with Gasteiger partial charge in [-0.05, 0) is 12.8 Å². The second-order valence-corrected chi connectivity index (χ2v) is 785. The van der Waals surface area contributed by atoms with E-state index >= 15 is 0 Å². The molecule has 0 bridgehead atoms. The van der Waals surface area contributed by atoms with Crippen LogP contribution in [-0.2, 0) is 5.54 Å². The summed E-state index contributed by atoms with van der Waals surface area (Å²) in [4.78, 5) is 0. The van der Waals surface area contributed by atoms with Crippen molar-refractivity contribution in [1.29, 1.82) is 0 Å². The van der Waals surface area contributed by atoms with Gasteiger partial charge in [0.25, 0.3) is 0 Å². The van der Waals surface area contributed by atoms with Crippen molar-refractivity contribution in [3.63, 3.8) is 0 Å². The fourth-order valence-electron chi connectivity index (χ4n) is 1.86. The Morgan fingerprint density at radius 2 is 0.778 bits per heavy atom. The summed E-state index contributed by atoms with van der Waals surface area (Å²) < 4.78 is 0. The van der Waals surface area contributed by atoms with E-state index in [2.05, 4.69) is 350 Å². The van der Waals surface area contributed by atoms with Crippen LogP contribution in [0.2, 0.25) is 0 Å². The number of aromatic nitrogens is 3. The zero-order valence-electron chi connectivity index (χ0n) is 18.8. The number of nitrogens with two attached hydrogens (primary N) is 1. The van der Waals surface area contributed by atoms with Crippen LogP contribution < -0.4 is 5.73 Å². The monoisotopic (exact) mass is 4470 g/mol. The molecule has 0 saturated heterocycles. The molecule has 1 saturated carbocycles. The van der Waals surface area contributed by atoms with Crippen LogP contribution >= 0.6 is 461 Å². The normalized spacial score (nSPS) is 23.0. The van der Waals surface area contributed by atoms with Crippen molar-refractivity contribution in [2.24, 2.45) is 5.73 Å². The van der Waals surface area contributed by atoms with Crippen molar-refractivity contribution in [2.75, 3.05) is 0 Å². The van der Waals surface area contributed by atoms with Crippen LogP contribution in [0.1, 0.15) is 18.5 Å². The second kappa shape index (κ2) is 37.6. The van der Waals surface area contributed by atoms with Gasteiger partial charge in [-0.2, -0.15) is 15.4 Å². The minimum Gasteiger partial charge on any atom is -0.393 e. The smallest absolute Gasteiger partial charge is 0.102 e. The Morgan fingerprint density at radius 1 is 0.533 bits per heavy atom. The fraction of sp³-hybridized carbons (Fsp3) is 0.667. The predicted octanol–water partition coefficient (Wildman–Crippen LogP) is 29.2. The molecule has 1 aromatic rings. The van der Waals surface area contributed by atoms with Crippen molar-refractivity contribution < 1.29 is 5.11 Å². The molecule has 1 aliphatic rings. The molecule has 39 heteroatoms. The summed E-state index contributed by atoms with van der Waals surface area (Å²) in [6.07, 6.45) is 2.50. The Morgan fingerprint density at radius 3 is 0.956 bits per heavy atom. The van der Waals surface area contributed by atoms with Crippen LogP contribution in [-0.4, -0.2) is 26.6 Å². The Kier molecular flexibility index (Phi) is 55.9. The van der Waals surface area contributed by atoms with Crippen LogP contribution in [0.3, 0.4) is 0 Å². The average Bonchev–Trinajstić information content (AvgIpc) is 3.55. The number of aromatic amines is 1. The zero-order valence-corrected chi connectivity index (χ0v) is 92.2. The van der Waals surface area contributed by atoms with Crippen LogP contribution in [0.15, 0.2) is 6.20 Å². The molecule has 1 heterocycles. The molecule has 0 radical (unpaired) electrons. The van der Waals surface area contributed by atoms with E-state index < -0.39 is 132 Å². The largest absolute Gasteiger partial charge is 0.393 e. The topological polar surface area (TPSA) is 87.8 Å². The first-order chi connectivity index (χ1) is 20.6. The molecule has 0 atom stereocenters. The fourth-order valence-corrected chi connectivity index (χ4v) is 5870. The van der Waals surface area contributed by atoms with Gasteiger partial charge in [-0.1, -0.05) is 0 Å². The molecule has 298 valence electrons. The zero-order chi connectivity index (χ0) is 35.1. The van der Waals surface area contributed by atoms with E-state index in [0.29, 0.717) is 12.8 Å². The van der Waals surface area contributed by atoms with E-state index in [1.54, 1.807) is 6.20 Å². The van der Waals surface area contributed by atoms with Gasteiger partial charge < -0.3 is 10.8 Å². The molecule has 0 spiro atoms. The molecule has 2 rings (SSSR count). The van der Waals surface area contributed by atoms with Crippen molar-refractivity contribution in [1.82, 2.24) is 15.4 Å². The molecule has 1 aromatic heterocycles. The molecule has 0 amide bonds. The third-order valence-electron chi connectivity index (χ3n) is 3.35. The standard InChI is InChI=1S/C6H10N4O.I34/c7-6(1-4(11)2-6)5-3-8-10-9-5;1-19(2)21(5)23(7)25(9)27(11)29(13)31(15)33(17)34(18)32(16)30(14)28(12)26(10)24(8)22(6)20(3)4/h3-4,11H,1-2,7H2,(H,8,9,10);. The van der Waals surface area contributed by atoms with Crippen molar-refractivity contribution >= 4 is 461 Å². The molecule has 0 aromatic carbocycles. The summed E-state index contributed by atoms with van der Waals surface area (Å²) in [7, 11) is -7.71. The average molecular weight is 4470 g/mol. The molecule has 0 aliphatic heterocycles. The summed E-state index contributed by atoms with van der Waals surface area (Å²) in [5.41, 5.74) is 6.18. The van der Waals surface area contributed by atoms with E-state index in [1.165, 1.54) is 0 Å². The van der Waals surface area contributed by atoms with Crippen LogP contribution in [0.25, 0.3) is 0 Å². The number of nitrogens with one attached hydrogen (secondary N) is 1. The summed E-state index contributed by atoms with van der Waals surface area (Å²) in [5.74, 6) is 0. The van der Waals surface area contributed by atoms with Gasteiger partial charge in [0.05, 0.1) is 17.8 Å². The van der Waals surface area contributed by atoms with Gasteiger partial charge in [0.15, 0.2) is 0 Å². The van der Waals surface area contributed by atoms with Gasteiger partial charge in [0.1, 0.15) is 5.69 Å². The van der Waals surface area contributed by atoms with E-state index in [9.17, 15) is 0 Å². The van der Waals surface area contributed by atoms with Crippen molar-refractivity contribution in [3.05, 3.63) is 11.9 Å². The number of H-pyrrole nitrogens is 1. The Labute approximate surface area is 497 Å². The maximum atomic E-state index is 9.04. The molecule has 5 nitrogen and oxygen atoms in total. The first-order valence-corrected chi connectivity index (χ1v) is 216. The minimum absolute atomic E-state index is 0.267. The van der Waals surface area contributed by atoms with E-state index in [1.807, 2.05) is 0 Å².